The summed E-state index contributed by atoms with van der Waals surface area (Å²) >= 11 is 0. The van der Waals surface area contributed by atoms with Gasteiger partial charge in [-0.1, -0.05) is 6.07 Å². The quantitative estimate of drug-likeness (QED) is 0.697. The van der Waals surface area contributed by atoms with Crippen molar-refractivity contribution in [2.75, 3.05) is 20.3 Å². The number of aliphatic hydroxyl groups excluding tert-OH is 1. The molecule has 0 bridgehead atoms. The van der Waals surface area contributed by atoms with Crippen LogP contribution in [-0.4, -0.2) is 25.4 Å². The molecule has 0 aliphatic carbocycles. The molecule has 0 aliphatic rings. The maximum absolute atomic E-state index is 8.69. The molecule has 0 aromatic heterocycles. The Morgan fingerprint density at radius 1 is 1.22 bits per heavy atom. The van der Waals surface area contributed by atoms with Crippen LogP contribution in [-0.2, 0) is 0 Å². The summed E-state index contributed by atoms with van der Waals surface area (Å²) < 4.78 is 11.0. The minimum Gasteiger partial charge on any atom is -0.496 e. The maximum atomic E-state index is 8.69. The number of hydrogen-bond donors (Lipinski definition) is 2. The van der Waals surface area contributed by atoms with Crippen LogP contribution >= 0.6 is 0 Å². The van der Waals surface area contributed by atoms with E-state index in [1.165, 1.54) is 0 Å². The molecule has 102 valence electrons. The Labute approximate surface area is 109 Å². The first-order valence-electron chi connectivity index (χ1n) is 6.36. The van der Waals surface area contributed by atoms with E-state index in [-0.39, 0.29) is 12.6 Å². The van der Waals surface area contributed by atoms with Gasteiger partial charge in [0.15, 0.2) is 0 Å². The molecule has 0 heterocycles. The number of aliphatic hydroxyl groups is 1. The van der Waals surface area contributed by atoms with Gasteiger partial charge in [0.05, 0.1) is 19.3 Å². The zero-order valence-corrected chi connectivity index (χ0v) is 11.2. The van der Waals surface area contributed by atoms with Crippen molar-refractivity contribution in [3.63, 3.8) is 0 Å². The Hall–Kier alpha value is -1.26. The predicted octanol–water partition coefficient (Wildman–Crippen LogP) is 2.26. The molecule has 0 aliphatic heterocycles. The number of hydrogen-bond acceptors (Lipinski definition) is 4. The molecule has 0 unspecified atom stereocenters. The van der Waals surface area contributed by atoms with Crippen molar-refractivity contribution in [3.05, 3.63) is 23.8 Å². The molecular weight excluding hydrogens is 230 g/mol. The van der Waals surface area contributed by atoms with Crippen LogP contribution in [0.3, 0.4) is 0 Å². The molecule has 0 saturated heterocycles. The molecule has 0 radical (unpaired) electrons. The molecule has 1 rings (SSSR count). The van der Waals surface area contributed by atoms with Crippen molar-refractivity contribution in [2.45, 2.75) is 32.2 Å². The highest BCUT2D eigenvalue weighted by Crippen LogP contribution is 2.32. The van der Waals surface area contributed by atoms with Gasteiger partial charge < -0.3 is 20.3 Å². The molecule has 1 aromatic carbocycles. The Bertz CT molecular complexity index is 353. The molecule has 0 spiro atoms. The van der Waals surface area contributed by atoms with Crippen molar-refractivity contribution >= 4 is 0 Å². The number of methoxy groups -OCH3 is 1. The Balaban J connectivity index is 2.64. The minimum atomic E-state index is -0.131. The highest BCUT2D eigenvalue weighted by molar-refractivity contribution is 5.46. The van der Waals surface area contributed by atoms with Gasteiger partial charge in [-0.2, -0.15) is 0 Å². The minimum absolute atomic E-state index is 0.131. The predicted molar refractivity (Wildman–Crippen MR) is 72.0 cm³/mol. The van der Waals surface area contributed by atoms with Gasteiger partial charge >= 0.3 is 0 Å². The van der Waals surface area contributed by atoms with Crippen molar-refractivity contribution in [1.82, 2.24) is 0 Å². The number of ether oxygens (including phenoxy) is 2. The summed E-state index contributed by atoms with van der Waals surface area (Å²) in [6.07, 6.45) is 2.71. The van der Waals surface area contributed by atoms with Gasteiger partial charge in [0, 0.05) is 12.6 Å². The molecule has 0 fully saturated rings. The van der Waals surface area contributed by atoms with E-state index < -0.39 is 0 Å². The van der Waals surface area contributed by atoms with E-state index in [0.717, 1.165) is 36.3 Å². The van der Waals surface area contributed by atoms with E-state index in [1.807, 2.05) is 25.1 Å². The summed E-state index contributed by atoms with van der Waals surface area (Å²) in [5, 5.41) is 8.69. The highest BCUT2D eigenvalue weighted by Gasteiger charge is 2.13. The van der Waals surface area contributed by atoms with Crippen molar-refractivity contribution in [1.29, 1.82) is 0 Å². The summed E-state index contributed by atoms with van der Waals surface area (Å²) in [6.45, 7) is 2.79. The summed E-state index contributed by atoms with van der Waals surface area (Å²) in [5.41, 5.74) is 6.85. The van der Waals surface area contributed by atoms with Gasteiger partial charge in [-0.05, 0) is 38.3 Å². The SMILES string of the molecule is COc1cccc(OCCCCCO)c1[C@@H](C)N. The second-order valence-corrected chi connectivity index (χ2v) is 4.29. The highest BCUT2D eigenvalue weighted by atomic mass is 16.5. The summed E-state index contributed by atoms with van der Waals surface area (Å²) in [7, 11) is 1.63. The Kier molecular flexibility index (Phi) is 6.54. The van der Waals surface area contributed by atoms with Crippen LogP contribution in [0.2, 0.25) is 0 Å². The monoisotopic (exact) mass is 253 g/mol. The van der Waals surface area contributed by atoms with E-state index in [4.69, 9.17) is 20.3 Å². The van der Waals surface area contributed by atoms with Gasteiger partial charge in [0.1, 0.15) is 11.5 Å². The summed E-state index contributed by atoms with van der Waals surface area (Å²) in [6, 6.07) is 5.56. The van der Waals surface area contributed by atoms with E-state index >= 15 is 0 Å². The number of nitrogens with two attached hydrogens (primary N) is 1. The average molecular weight is 253 g/mol. The third-order valence-electron chi connectivity index (χ3n) is 2.76. The van der Waals surface area contributed by atoms with Crippen molar-refractivity contribution in [3.8, 4) is 11.5 Å². The van der Waals surface area contributed by atoms with Crippen LogP contribution < -0.4 is 15.2 Å². The molecule has 0 amide bonds. The second-order valence-electron chi connectivity index (χ2n) is 4.29. The van der Waals surface area contributed by atoms with E-state index in [9.17, 15) is 0 Å². The zero-order valence-electron chi connectivity index (χ0n) is 11.2. The Morgan fingerprint density at radius 2 is 1.94 bits per heavy atom. The van der Waals surface area contributed by atoms with Crippen LogP contribution in [0.1, 0.15) is 37.8 Å². The molecular formula is C14H23NO3. The molecule has 18 heavy (non-hydrogen) atoms. The third-order valence-corrected chi connectivity index (χ3v) is 2.76. The lowest BCUT2D eigenvalue weighted by atomic mass is 10.1. The fourth-order valence-electron chi connectivity index (χ4n) is 1.85. The molecule has 0 saturated carbocycles. The van der Waals surface area contributed by atoms with Crippen molar-refractivity contribution in [2.24, 2.45) is 5.73 Å². The lowest BCUT2D eigenvalue weighted by molar-refractivity contribution is 0.264. The van der Waals surface area contributed by atoms with E-state index in [1.54, 1.807) is 7.11 Å². The van der Waals surface area contributed by atoms with Crippen LogP contribution in [0.15, 0.2) is 18.2 Å². The number of unbranched alkanes of at least 4 members (excludes halogenated alkanes) is 2. The number of benzene rings is 1. The molecule has 1 atom stereocenters. The summed E-state index contributed by atoms with van der Waals surface area (Å²) in [4.78, 5) is 0. The first-order chi connectivity index (χ1) is 8.70. The van der Waals surface area contributed by atoms with Gasteiger partial charge in [0.2, 0.25) is 0 Å². The first-order valence-corrected chi connectivity index (χ1v) is 6.36. The molecule has 3 N–H and O–H groups in total. The molecule has 4 heteroatoms. The van der Waals surface area contributed by atoms with Crippen LogP contribution in [0.25, 0.3) is 0 Å². The smallest absolute Gasteiger partial charge is 0.127 e. The summed E-state index contributed by atoms with van der Waals surface area (Å²) in [5.74, 6) is 1.55. The standard InChI is InChI=1S/C14H23NO3/c1-11(15)14-12(17-2)7-6-8-13(14)18-10-5-3-4-9-16/h6-8,11,16H,3-5,9-10,15H2,1-2H3/t11-/m1/s1. The van der Waals surface area contributed by atoms with E-state index in [2.05, 4.69) is 0 Å². The fourth-order valence-corrected chi connectivity index (χ4v) is 1.85. The second kappa shape index (κ2) is 7.95. The van der Waals surface area contributed by atoms with Crippen LogP contribution in [0.4, 0.5) is 0 Å². The van der Waals surface area contributed by atoms with Crippen molar-refractivity contribution < 1.29 is 14.6 Å². The van der Waals surface area contributed by atoms with Gasteiger partial charge in [-0.15, -0.1) is 0 Å². The van der Waals surface area contributed by atoms with Crippen LogP contribution in [0.5, 0.6) is 11.5 Å². The fraction of sp³-hybridized carbons (Fsp3) is 0.571. The largest absolute Gasteiger partial charge is 0.496 e. The Morgan fingerprint density at radius 3 is 2.56 bits per heavy atom. The normalized spacial score (nSPS) is 12.2. The van der Waals surface area contributed by atoms with Gasteiger partial charge in [0.25, 0.3) is 0 Å². The first kappa shape index (κ1) is 14.8. The number of rotatable bonds is 8. The zero-order chi connectivity index (χ0) is 13.4. The van der Waals surface area contributed by atoms with Gasteiger partial charge in [-0.25, -0.2) is 0 Å². The maximum Gasteiger partial charge on any atom is 0.127 e. The van der Waals surface area contributed by atoms with E-state index in [0.29, 0.717) is 6.61 Å². The third kappa shape index (κ3) is 4.20. The lowest BCUT2D eigenvalue weighted by Gasteiger charge is -2.17. The topological polar surface area (TPSA) is 64.7 Å². The van der Waals surface area contributed by atoms with Crippen LogP contribution in [0, 0.1) is 0 Å². The average Bonchev–Trinajstić information content (AvgIpc) is 2.37. The lowest BCUT2D eigenvalue weighted by Crippen LogP contribution is -2.10. The van der Waals surface area contributed by atoms with Gasteiger partial charge in [-0.3, -0.25) is 0 Å². The molecule has 4 nitrogen and oxygen atoms in total. The molecule has 1 aromatic rings.